The van der Waals surface area contributed by atoms with E-state index >= 15 is 0 Å². The Balaban J connectivity index is 2.19. The van der Waals surface area contributed by atoms with Crippen LogP contribution in [-0.4, -0.2) is 23.9 Å². The minimum atomic E-state index is -0.261. The molecule has 1 aromatic carbocycles. The lowest BCUT2D eigenvalue weighted by molar-refractivity contribution is -0.143. The van der Waals surface area contributed by atoms with Crippen molar-refractivity contribution in [2.24, 2.45) is 0 Å². The van der Waals surface area contributed by atoms with Gasteiger partial charge in [0.1, 0.15) is 6.04 Å². The van der Waals surface area contributed by atoms with Crippen molar-refractivity contribution in [3.05, 3.63) is 35.9 Å². The summed E-state index contributed by atoms with van der Waals surface area (Å²) in [6.45, 7) is 4.13. The molecule has 2 unspecified atom stereocenters. The normalized spacial score (nSPS) is 26.8. The Morgan fingerprint density at radius 2 is 2.00 bits per heavy atom. The molecule has 2 rings (SSSR count). The highest BCUT2D eigenvalue weighted by Crippen LogP contribution is 2.45. The van der Waals surface area contributed by atoms with Crippen molar-refractivity contribution in [3.63, 3.8) is 0 Å². The molecular formula is C13H17NO2S. The lowest BCUT2D eigenvalue weighted by atomic mass is 10.0. The zero-order chi connectivity index (χ0) is 12.5. The van der Waals surface area contributed by atoms with Gasteiger partial charge in [0.25, 0.3) is 0 Å². The highest BCUT2D eigenvalue weighted by molar-refractivity contribution is 8.01. The third-order valence-corrected chi connectivity index (χ3v) is 4.46. The van der Waals surface area contributed by atoms with Gasteiger partial charge in [-0.05, 0) is 19.4 Å². The van der Waals surface area contributed by atoms with Crippen LogP contribution in [0.25, 0.3) is 0 Å². The second-order valence-electron chi connectivity index (χ2n) is 4.63. The highest BCUT2D eigenvalue weighted by Gasteiger charge is 2.45. The zero-order valence-electron chi connectivity index (χ0n) is 10.3. The average molecular weight is 251 g/mol. The molecule has 0 amide bonds. The second-order valence-corrected chi connectivity index (χ2v) is 6.39. The summed E-state index contributed by atoms with van der Waals surface area (Å²) in [5.41, 5.74) is 1.19. The molecule has 3 nitrogen and oxygen atoms in total. The summed E-state index contributed by atoms with van der Waals surface area (Å²) in [5.74, 6) is -0.194. The highest BCUT2D eigenvalue weighted by atomic mass is 32.2. The number of carbonyl (C=O) groups is 1. The van der Waals surface area contributed by atoms with E-state index in [1.54, 1.807) is 11.8 Å². The number of carbonyl (C=O) groups excluding carboxylic acids is 1. The Morgan fingerprint density at radius 1 is 1.35 bits per heavy atom. The third kappa shape index (κ3) is 2.48. The fraction of sp³-hybridized carbons (Fsp3) is 0.462. The summed E-state index contributed by atoms with van der Waals surface area (Å²) in [6, 6.07) is 9.89. The van der Waals surface area contributed by atoms with Gasteiger partial charge in [0.2, 0.25) is 0 Å². The molecule has 0 spiro atoms. The van der Waals surface area contributed by atoms with Crippen molar-refractivity contribution in [1.29, 1.82) is 0 Å². The van der Waals surface area contributed by atoms with Crippen LogP contribution in [0.1, 0.15) is 24.8 Å². The quantitative estimate of drug-likeness (QED) is 0.819. The van der Waals surface area contributed by atoms with Gasteiger partial charge in [0.05, 0.1) is 12.5 Å². The molecule has 0 radical (unpaired) electrons. The number of hydrogen-bond donors (Lipinski definition) is 1. The van der Waals surface area contributed by atoms with E-state index in [0.717, 1.165) is 0 Å². The van der Waals surface area contributed by atoms with Crippen LogP contribution >= 0.6 is 11.8 Å². The van der Waals surface area contributed by atoms with Crippen LogP contribution in [0.5, 0.6) is 0 Å². The predicted molar refractivity (Wildman–Crippen MR) is 69.8 cm³/mol. The molecule has 1 heterocycles. The first-order valence-electron chi connectivity index (χ1n) is 5.61. The van der Waals surface area contributed by atoms with E-state index in [9.17, 15) is 4.79 Å². The average Bonchev–Trinajstić information content (AvgIpc) is 2.65. The Bertz CT molecular complexity index is 405. The fourth-order valence-electron chi connectivity index (χ4n) is 2.02. The van der Waals surface area contributed by atoms with E-state index in [0.29, 0.717) is 0 Å². The summed E-state index contributed by atoms with van der Waals surface area (Å²) >= 11 is 1.76. The molecule has 1 N–H and O–H groups in total. The number of rotatable bonds is 2. The molecule has 1 aliphatic rings. The molecule has 0 aliphatic carbocycles. The van der Waals surface area contributed by atoms with Gasteiger partial charge < -0.3 is 4.74 Å². The monoisotopic (exact) mass is 251 g/mol. The van der Waals surface area contributed by atoms with Crippen LogP contribution in [0.3, 0.4) is 0 Å². The van der Waals surface area contributed by atoms with Crippen LogP contribution in [-0.2, 0) is 9.53 Å². The first-order valence-corrected chi connectivity index (χ1v) is 6.49. The van der Waals surface area contributed by atoms with Gasteiger partial charge in [-0.2, -0.15) is 0 Å². The molecule has 1 aromatic rings. The topological polar surface area (TPSA) is 38.3 Å². The SMILES string of the molecule is COC(=O)C1NC(c2ccccc2)SC1(C)C. The molecule has 1 saturated heterocycles. The van der Waals surface area contributed by atoms with Crippen LogP contribution < -0.4 is 5.32 Å². The van der Waals surface area contributed by atoms with Crippen molar-refractivity contribution >= 4 is 17.7 Å². The number of ether oxygens (including phenoxy) is 1. The molecule has 2 atom stereocenters. The van der Waals surface area contributed by atoms with Gasteiger partial charge in [-0.3, -0.25) is 10.1 Å². The maximum absolute atomic E-state index is 11.7. The summed E-state index contributed by atoms with van der Waals surface area (Å²) in [6.07, 6.45) is 0. The predicted octanol–water partition coefficient (Wildman–Crippen LogP) is 2.34. The van der Waals surface area contributed by atoms with E-state index in [4.69, 9.17) is 4.74 Å². The van der Waals surface area contributed by atoms with Gasteiger partial charge in [0, 0.05) is 4.75 Å². The van der Waals surface area contributed by atoms with Crippen molar-refractivity contribution in [1.82, 2.24) is 5.32 Å². The maximum atomic E-state index is 11.7. The number of nitrogens with one attached hydrogen (secondary N) is 1. The lowest BCUT2D eigenvalue weighted by Gasteiger charge is -2.22. The minimum absolute atomic E-state index is 0.148. The first-order chi connectivity index (χ1) is 8.04. The maximum Gasteiger partial charge on any atom is 0.324 e. The number of hydrogen-bond acceptors (Lipinski definition) is 4. The summed E-state index contributed by atoms with van der Waals surface area (Å²) in [7, 11) is 1.43. The Labute approximate surface area is 106 Å². The van der Waals surface area contributed by atoms with Crippen LogP contribution in [0.2, 0.25) is 0 Å². The lowest BCUT2D eigenvalue weighted by Crippen LogP contribution is -2.44. The fourth-order valence-corrected chi connectivity index (χ4v) is 3.42. The van der Waals surface area contributed by atoms with Crippen molar-refractivity contribution in [2.45, 2.75) is 30.0 Å². The van der Waals surface area contributed by atoms with E-state index in [1.807, 2.05) is 18.2 Å². The first kappa shape index (κ1) is 12.5. The number of esters is 1. The Kier molecular flexibility index (Phi) is 3.45. The van der Waals surface area contributed by atoms with E-state index < -0.39 is 0 Å². The molecule has 0 bridgehead atoms. The summed E-state index contributed by atoms with van der Waals surface area (Å²) in [4.78, 5) is 11.7. The molecule has 1 aliphatic heterocycles. The second kappa shape index (κ2) is 4.70. The smallest absolute Gasteiger partial charge is 0.324 e. The Hall–Kier alpha value is -1.00. The van der Waals surface area contributed by atoms with Gasteiger partial charge >= 0.3 is 5.97 Å². The van der Waals surface area contributed by atoms with E-state index in [2.05, 4.69) is 31.3 Å². The third-order valence-electron chi connectivity index (χ3n) is 2.97. The van der Waals surface area contributed by atoms with Crippen molar-refractivity contribution in [2.75, 3.05) is 7.11 Å². The van der Waals surface area contributed by atoms with E-state index in [1.165, 1.54) is 12.7 Å². The number of thioether (sulfide) groups is 1. The molecule has 92 valence electrons. The molecule has 4 heteroatoms. The standard InChI is InChI=1S/C13H17NO2S/c1-13(2)10(12(15)16-3)14-11(17-13)9-7-5-4-6-8-9/h4-8,10-11,14H,1-3H3. The molecular weight excluding hydrogens is 234 g/mol. The number of methoxy groups -OCH3 is 1. The minimum Gasteiger partial charge on any atom is -0.468 e. The van der Waals surface area contributed by atoms with Gasteiger partial charge in [-0.15, -0.1) is 11.8 Å². The van der Waals surface area contributed by atoms with Crippen LogP contribution in [0.4, 0.5) is 0 Å². The van der Waals surface area contributed by atoms with Gasteiger partial charge in [-0.25, -0.2) is 0 Å². The van der Waals surface area contributed by atoms with Crippen molar-refractivity contribution < 1.29 is 9.53 Å². The number of benzene rings is 1. The van der Waals surface area contributed by atoms with Gasteiger partial charge in [0.15, 0.2) is 0 Å². The summed E-state index contributed by atoms with van der Waals surface area (Å²) < 4.78 is 4.68. The molecule has 17 heavy (non-hydrogen) atoms. The largest absolute Gasteiger partial charge is 0.468 e. The molecule has 1 fully saturated rings. The van der Waals surface area contributed by atoms with Crippen LogP contribution in [0, 0.1) is 0 Å². The summed E-state index contributed by atoms with van der Waals surface area (Å²) in [5, 5.41) is 3.49. The Morgan fingerprint density at radius 3 is 2.59 bits per heavy atom. The molecule has 0 aromatic heterocycles. The molecule has 0 saturated carbocycles. The van der Waals surface area contributed by atoms with Crippen molar-refractivity contribution in [3.8, 4) is 0 Å². The van der Waals surface area contributed by atoms with Crippen LogP contribution in [0.15, 0.2) is 30.3 Å². The van der Waals surface area contributed by atoms with Gasteiger partial charge in [-0.1, -0.05) is 30.3 Å². The zero-order valence-corrected chi connectivity index (χ0v) is 11.1. The van der Waals surface area contributed by atoms with E-state index in [-0.39, 0.29) is 22.1 Å².